The number of thioether (sulfide) groups is 1. The Labute approximate surface area is 133 Å². The minimum Gasteiger partial charge on any atom is -0.478 e. The van der Waals surface area contributed by atoms with Gasteiger partial charge in [0.25, 0.3) is 0 Å². The summed E-state index contributed by atoms with van der Waals surface area (Å²) in [4.78, 5) is 20.4. The van der Waals surface area contributed by atoms with Crippen LogP contribution in [0, 0.1) is 0 Å². The van der Waals surface area contributed by atoms with Gasteiger partial charge in [0.05, 0.1) is 0 Å². The Balaban J connectivity index is 0.000000433. The molecule has 3 N–H and O–H groups in total. The van der Waals surface area contributed by atoms with E-state index in [0.29, 0.717) is 18.2 Å². The van der Waals surface area contributed by atoms with Gasteiger partial charge in [-0.25, -0.2) is 9.59 Å². The summed E-state index contributed by atoms with van der Waals surface area (Å²) in [5, 5.41) is 19.6. The number of nitrogens with one attached hydrogen (secondary N) is 1. The topological polar surface area (TPSA) is 86.6 Å². The number of rotatable bonds is 6. The highest BCUT2D eigenvalue weighted by molar-refractivity contribution is 7.99. The Kier molecular flexibility index (Phi) is 10.4. The number of benzene rings is 1. The first-order valence-corrected chi connectivity index (χ1v) is 7.41. The summed E-state index contributed by atoms with van der Waals surface area (Å²) in [6, 6.07) is 8.49. The molecule has 0 saturated carbocycles. The molecule has 0 spiro atoms. The van der Waals surface area contributed by atoms with Crippen LogP contribution < -0.4 is 5.32 Å². The average Bonchev–Trinajstić information content (AvgIpc) is 2.45. The molecule has 0 unspecified atom stereocenters. The molecule has 0 saturated heterocycles. The van der Waals surface area contributed by atoms with Gasteiger partial charge in [-0.3, -0.25) is 0 Å². The summed E-state index contributed by atoms with van der Waals surface area (Å²) in [7, 11) is 1.98. The van der Waals surface area contributed by atoms with Crippen LogP contribution in [-0.4, -0.2) is 41.0 Å². The lowest BCUT2D eigenvalue weighted by molar-refractivity contribution is -0.134. The van der Waals surface area contributed by atoms with Crippen molar-refractivity contribution < 1.29 is 19.8 Å². The van der Waals surface area contributed by atoms with E-state index in [1.54, 1.807) is 0 Å². The third-order valence-corrected chi connectivity index (χ3v) is 3.70. The number of halogens is 1. The number of aliphatic carboxylic acids is 2. The summed E-state index contributed by atoms with van der Waals surface area (Å²) >= 11 is 7.62. The van der Waals surface area contributed by atoms with E-state index in [4.69, 9.17) is 21.8 Å². The first kappa shape index (κ1) is 19.5. The van der Waals surface area contributed by atoms with Crippen molar-refractivity contribution in [1.82, 2.24) is 5.32 Å². The molecular weight excluding hydrogens is 314 g/mol. The van der Waals surface area contributed by atoms with Gasteiger partial charge in [-0.05, 0) is 38.2 Å². The Morgan fingerprint density at radius 3 is 2.10 bits per heavy atom. The van der Waals surface area contributed by atoms with Crippen LogP contribution in [0.4, 0.5) is 0 Å². The number of carbonyl (C=O) groups is 2. The third-order valence-electron chi connectivity index (χ3n) is 2.17. The average molecular weight is 332 g/mol. The Hall–Kier alpha value is -1.50. The Morgan fingerprint density at radius 1 is 1.24 bits per heavy atom. The van der Waals surface area contributed by atoms with E-state index in [1.165, 1.54) is 4.90 Å². The van der Waals surface area contributed by atoms with Gasteiger partial charge >= 0.3 is 11.9 Å². The minimum atomic E-state index is -1.26. The number of carboxylic acid groups (broad SMARTS) is 2. The summed E-state index contributed by atoms with van der Waals surface area (Å²) in [5.41, 5.74) is 0. The molecule has 0 radical (unpaired) electrons. The van der Waals surface area contributed by atoms with E-state index >= 15 is 0 Å². The highest BCUT2D eigenvalue weighted by Crippen LogP contribution is 2.20. The van der Waals surface area contributed by atoms with Crippen LogP contribution in [0.3, 0.4) is 0 Å². The van der Waals surface area contributed by atoms with Crippen LogP contribution in [0.25, 0.3) is 0 Å². The lowest BCUT2D eigenvalue weighted by Crippen LogP contribution is -2.23. The Bertz CT molecular complexity index is 460. The van der Waals surface area contributed by atoms with Crippen molar-refractivity contribution in [2.24, 2.45) is 0 Å². The van der Waals surface area contributed by atoms with Gasteiger partial charge in [0.2, 0.25) is 0 Å². The van der Waals surface area contributed by atoms with E-state index in [2.05, 4.69) is 24.4 Å². The first-order chi connectivity index (χ1) is 9.85. The molecule has 116 valence electrons. The van der Waals surface area contributed by atoms with Crippen LogP contribution in [0.2, 0.25) is 5.02 Å². The zero-order valence-corrected chi connectivity index (χ0v) is 13.3. The third kappa shape index (κ3) is 12.0. The van der Waals surface area contributed by atoms with E-state index in [1.807, 2.05) is 30.9 Å². The molecule has 7 heteroatoms. The molecule has 5 nitrogen and oxygen atoms in total. The fourth-order valence-electron chi connectivity index (χ4n) is 0.978. The molecule has 0 fully saturated rings. The monoisotopic (exact) mass is 331 g/mol. The molecule has 0 aliphatic carbocycles. The molecule has 0 bridgehead atoms. The molecule has 21 heavy (non-hydrogen) atoms. The van der Waals surface area contributed by atoms with Crippen molar-refractivity contribution in [2.75, 3.05) is 12.8 Å². The normalized spacial score (nSPS) is 11.6. The van der Waals surface area contributed by atoms with Crippen LogP contribution >= 0.6 is 23.4 Å². The van der Waals surface area contributed by atoms with E-state index in [9.17, 15) is 9.59 Å². The van der Waals surface area contributed by atoms with E-state index in [-0.39, 0.29) is 0 Å². The maximum absolute atomic E-state index is 9.55. The van der Waals surface area contributed by atoms with Gasteiger partial charge in [-0.2, -0.15) is 0 Å². The van der Waals surface area contributed by atoms with Crippen molar-refractivity contribution in [3.05, 3.63) is 41.4 Å². The van der Waals surface area contributed by atoms with Gasteiger partial charge in [0.15, 0.2) is 0 Å². The van der Waals surface area contributed by atoms with Crippen molar-refractivity contribution in [1.29, 1.82) is 0 Å². The molecule has 1 rings (SSSR count). The zero-order valence-electron chi connectivity index (χ0n) is 11.7. The molecule has 1 atom stereocenters. The predicted octanol–water partition coefficient (Wildman–Crippen LogP) is 2.75. The van der Waals surface area contributed by atoms with E-state index in [0.717, 1.165) is 10.8 Å². The van der Waals surface area contributed by atoms with Crippen LogP contribution in [0.15, 0.2) is 41.3 Å². The summed E-state index contributed by atoms with van der Waals surface area (Å²) in [6.07, 6.45) is 1.12. The van der Waals surface area contributed by atoms with Gasteiger partial charge in [0.1, 0.15) is 0 Å². The lowest BCUT2D eigenvalue weighted by atomic mass is 10.4. The number of hydrogen-bond donors (Lipinski definition) is 3. The van der Waals surface area contributed by atoms with Crippen LogP contribution in [-0.2, 0) is 9.59 Å². The van der Waals surface area contributed by atoms with Gasteiger partial charge in [0, 0.05) is 33.9 Å². The van der Waals surface area contributed by atoms with Gasteiger partial charge in [-0.15, -0.1) is 11.8 Å². The maximum Gasteiger partial charge on any atom is 0.328 e. The largest absolute Gasteiger partial charge is 0.478 e. The molecule has 0 aromatic heterocycles. The molecule has 1 aromatic rings. The van der Waals surface area contributed by atoms with E-state index < -0.39 is 11.9 Å². The summed E-state index contributed by atoms with van der Waals surface area (Å²) in [5.74, 6) is -1.43. The summed E-state index contributed by atoms with van der Waals surface area (Å²) in [6.45, 7) is 2.17. The van der Waals surface area contributed by atoms with Crippen molar-refractivity contribution in [3.8, 4) is 0 Å². The van der Waals surface area contributed by atoms with Gasteiger partial charge < -0.3 is 15.5 Å². The first-order valence-electron chi connectivity index (χ1n) is 6.04. The fraction of sp³-hybridized carbons (Fsp3) is 0.286. The molecular formula is C14H18ClNO4S. The smallest absolute Gasteiger partial charge is 0.328 e. The standard InChI is InChI=1S/C10H14ClNS.C4H4O4/c1-8(12-2)7-13-10-5-3-9(11)4-6-10;5-3(6)1-2-4(7)8/h3-6,8,12H,7H2,1-2H3;1-2H,(H,5,6)(H,7,8)/b;2-1+/t8-;/m0./s1. The van der Waals surface area contributed by atoms with Gasteiger partial charge in [-0.1, -0.05) is 11.6 Å². The van der Waals surface area contributed by atoms with Crippen LogP contribution in [0.5, 0.6) is 0 Å². The second-order valence-electron chi connectivity index (χ2n) is 3.96. The number of carboxylic acids is 2. The molecule has 1 aromatic carbocycles. The molecule has 0 aliphatic rings. The van der Waals surface area contributed by atoms with Crippen LogP contribution in [0.1, 0.15) is 6.92 Å². The second kappa shape index (κ2) is 11.2. The summed E-state index contributed by atoms with van der Waals surface area (Å²) < 4.78 is 0. The zero-order chi connectivity index (χ0) is 16.3. The highest BCUT2D eigenvalue weighted by atomic mass is 35.5. The molecule has 0 heterocycles. The number of hydrogen-bond acceptors (Lipinski definition) is 4. The van der Waals surface area contributed by atoms with Crippen molar-refractivity contribution in [2.45, 2.75) is 17.9 Å². The lowest BCUT2D eigenvalue weighted by Gasteiger charge is -2.08. The minimum absolute atomic E-state index is 0.542. The Morgan fingerprint density at radius 2 is 1.71 bits per heavy atom. The van der Waals surface area contributed by atoms with Crippen molar-refractivity contribution in [3.63, 3.8) is 0 Å². The second-order valence-corrected chi connectivity index (χ2v) is 5.49. The SMILES string of the molecule is CN[C@@H](C)CSc1ccc(Cl)cc1.O=C(O)/C=C/C(=O)O. The quantitative estimate of drug-likeness (QED) is 0.549. The highest BCUT2D eigenvalue weighted by Gasteiger charge is 1.99. The van der Waals surface area contributed by atoms with Crippen molar-refractivity contribution >= 4 is 35.3 Å². The fourth-order valence-corrected chi connectivity index (χ4v) is 2.04. The molecule has 0 amide bonds. The maximum atomic E-state index is 9.55. The predicted molar refractivity (Wildman–Crippen MR) is 85.1 cm³/mol. The molecule has 0 aliphatic heterocycles.